The lowest BCUT2D eigenvalue weighted by molar-refractivity contribution is 0.672. The topological polar surface area (TPSA) is 51.8 Å². The van der Waals surface area contributed by atoms with E-state index in [0.717, 1.165) is 60.5 Å². The Kier molecular flexibility index (Phi) is 5.42. The fourth-order valence-corrected chi connectivity index (χ4v) is 5.62. The fourth-order valence-electron chi connectivity index (χ4n) is 5.62. The van der Waals surface area contributed by atoms with Crippen molar-refractivity contribution < 1.29 is 4.42 Å². The smallest absolute Gasteiger partial charge is 0.164 e. The predicted octanol–water partition coefficient (Wildman–Crippen LogP) is 9.59. The molecule has 2 heterocycles. The average Bonchev–Trinajstić information content (AvgIpc) is 3.44. The highest BCUT2D eigenvalue weighted by Gasteiger charge is 2.21. The van der Waals surface area contributed by atoms with Gasteiger partial charge in [-0.25, -0.2) is 15.0 Å². The van der Waals surface area contributed by atoms with Crippen molar-refractivity contribution in [2.24, 2.45) is 0 Å². The monoisotopic (exact) mass is 525 g/mol. The maximum atomic E-state index is 6.48. The number of nitrogens with zero attached hydrogens (tertiary/aromatic N) is 3. The van der Waals surface area contributed by atoms with E-state index in [1.165, 1.54) is 0 Å². The van der Waals surface area contributed by atoms with Gasteiger partial charge in [-0.1, -0.05) is 127 Å². The zero-order valence-corrected chi connectivity index (χ0v) is 22.0. The molecule has 0 bridgehead atoms. The Balaban J connectivity index is 1.52. The molecule has 0 spiro atoms. The number of para-hydroxylation sites is 1. The van der Waals surface area contributed by atoms with Crippen molar-refractivity contribution in [3.05, 3.63) is 140 Å². The van der Waals surface area contributed by atoms with Crippen molar-refractivity contribution in [3.8, 4) is 45.3 Å². The summed E-state index contributed by atoms with van der Waals surface area (Å²) in [6, 6.07) is 47.4. The van der Waals surface area contributed by atoms with Crippen molar-refractivity contribution >= 4 is 32.7 Å². The normalized spacial score (nSPS) is 11.4. The third kappa shape index (κ3) is 3.97. The maximum Gasteiger partial charge on any atom is 0.164 e. The molecule has 0 unspecified atom stereocenters. The molecule has 2 aromatic heterocycles. The molecule has 8 rings (SSSR count). The first-order valence-electron chi connectivity index (χ1n) is 13.6. The van der Waals surface area contributed by atoms with Gasteiger partial charge < -0.3 is 4.42 Å². The Morgan fingerprint density at radius 2 is 0.927 bits per heavy atom. The van der Waals surface area contributed by atoms with Gasteiger partial charge in [-0.15, -0.1) is 0 Å². The van der Waals surface area contributed by atoms with Crippen molar-refractivity contribution in [3.63, 3.8) is 0 Å². The van der Waals surface area contributed by atoms with Gasteiger partial charge in [-0.05, 0) is 23.3 Å². The van der Waals surface area contributed by atoms with E-state index in [-0.39, 0.29) is 0 Å². The third-order valence-corrected chi connectivity index (χ3v) is 7.53. The summed E-state index contributed by atoms with van der Waals surface area (Å²) in [7, 11) is 0. The molecule has 0 N–H and O–H groups in total. The van der Waals surface area contributed by atoms with Gasteiger partial charge in [0.25, 0.3) is 0 Å². The summed E-state index contributed by atoms with van der Waals surface area (Å²) in [4.78, 5) is 15.1. The van der Waals surface area contributed by atoms with Gasteiger partial charge in [0.2, 0.25) is 0 Å². The molecule has 0 aliphatic heterocycles. The van der Waals surface area contributed by atoms with E-state index >= 15 is 0 Å². The lowest BCUT2D eigenvalue weighted by Gasteiger charge is -2.14. The second kappa shape index (κ2) is 9.54. The number of hydrogen-bond donors (Lipinski definition) is 0. The molecule has 0 saturated carbocycles. The van der Waals surface area contributed by atoms with E-state index in [4.69, 9.17) is 19.4 Å². The van der Waals surface area contributed by atoms with Crippen LogP contribution in [0.4, 0.5) is 0 Å². The molecule has 0 aliphatic rings. The quantitative estimate of drug-likeness (QED) is 0.230. The molecule has 192 valence electrons. The average molecular weight is 526 g/mol. The van der Waals surface area contributed by atoms with Crippen LogP contribution in [-0.2, 0) is 0 Å². The van der Waals surface area contributed by atoms with E-state index in [2.05, 4.69) is 54.6 Å². The first kappa shape index (κ1) is 23.3. The van der Waals surface area contributed by atoms with E-state index in [9.17, 15) is 0 Å². The zero-order valence-electron chi connectivity index (χ0n) is 22.0. The highest BCUT2D eigenvalue weighted by Crippen LogP contribution is 2.43. The highest BCUT2D eigenvalue weighted by molar-refractivity contribution is 6.21. The third-order valence-electron chi connectivity index (χ3n) is 7.53. The molecule has 0 fully saturated rings. The maximum absolute atomic E-state index is 6.48. The molecule has 41 heavy (non-hydrogen) atoms. The van der Waals surface area contributed by atoms with Crippen LogP contribution in [-0.4, -0.2) is 15.0 Å². The predicted molar refractivity (Wildman–Crippen MR) is 166 cm³/mol. The Hall–Kier alpha value is -5.61. The molecule has 0 aliphatic carbocycles. The van der Waals surface area contributed by atoms with Gasteiger partial charge in [0.05, 0.1) is 0 Å². The van der Waals surface area contributed by atoms with Crippen LogP contribution < -0.4 is 0 Å². The molecule has 0 radical (unpaired) electrons. The Morgan fingerprint density at radius 1 is 0.390 bits per heavy atom. The van der Waals surface area contributed by atoms with Crippen molar-refractivity contribution in [1.82, 2.24) is 15.0 Å². The standard InChI is InChI=1S/C37H23N3O/c1-4-13-24(14-5-1)27-20-12-21-29-33(27)31(23-30-28-19-10-11-22-32(28)41-34(29)30)37-39-35(25-15-6-2-7-16-25)38-36(40-37)26-17-8-3-9-18-26/h1-23H. The molecule has 4 nitrogen and oxygen atoms in total. The van der Waals surface area contributed by atoms with Crippen molar-refractivity contribution in [2.75, 3.05) is 0 Å². The fraction of sp³-hybridized carbons (Fsp3) is 0. The lowest BCUT2D eigenvalue weighted by atomic mass is 9.92. The second-order valence-corrected chi connectivity index (χ2v) is 10.0. The first-order valence-corrected chi connectivity index (χ1v) is 13.6. The Labute approximate surface area is 236 Å². The number of furan rings is 1. The molecule has 0 saturated heterocycles. The van der Waals surface area contributed by atoms with Crippen molar-refractivity contribution in [1.29, 1.82) is 0 Å². The van der Waals surface area contributed by atoms with Crippen LogP contribution in [0.2, 0.25) is 0 Å². The summed E-state index contributed by atoms with van der Waals surface area (Å²) in [5.74, 6) is 1.90. The second-order valence-electron chi connectivity index (χ2n) is 10.0. The van der Waals surface area contributed by atoms with Crippen LogP contribution in [0.25, 0.3) is 78.0 Å². The van der Waals surface area contributed by atoms with Gasteiger partial charge in [-0.2, -0.15) is 0 Å². The van der Waals surface area contributed by atoms with Crippen LogP contribution in [0, 0.1) is 0 Å². The number of benzene rings is 6. The van der Waals surface area contributed by atoms with E-state index < -0.39 is 0 Å². The largest absolute Gasteiger partial charge is 0.455 e. The summed E-state index contributed by atoms with van der Waals surface area (Å²) < 4.78 is 6.48. The number of rotatable bonds is 4. The van der Waals surface area contributed by atoms with Crippen LogP contribution in [0.1, 0.15) is 0 Å². The van der Waals surface area contributed by atoms with E-state index in [0.29, 0.717) is 17.5 Å². The number of fused-ring (bicyclic) bond motifs is 5. The van der Waals surface area contributed by atoms with Gasteiger partial charge in [-0.3, -0.25) is 0 Å². The van der Waals surface area contributed by atoms with Crippen LogP contribution in [0.15, 0.2) is 144 Å². The first-order chi connectivity index (χ1) is 20.3. The lowest BCUT2D eigenvalue weighted by Crippen LogP contribution is -2.01. The summed E-state index contributed by atoms with van der Waals surface area (Å²) >= 11 is 0. The van der Waals surface area contributed by atoms with Crippen LogP contribution in [0.5, 0.6) is 0 Å². The van der Waals surface area contributed by atoms with Gasteiger partial charge in [0, 0.05) is 38.2 Å². The minimum absolute atomic E-state index is 0.623. The minimum Gasteiger partial charge on any atom is -0.455 e. The summed E-state index contributed by atoms with van der Waals surface area (Å²) in [5, 5.41) is 4.18. The summed E-state index contributed by atoms with van der Waals surface area (Å²) in [5.41, 5.74) is 6.76. The highest BCUT2D eigenvalue weighted by atomic mass is 16.3. The van der Waals surface area contributed by atoms with E-state index in [1.54, 1.807) is 0 Å². The van der Waals surface area contributed by atoms with Crippen molar-refractivity contribution in [2.45, 2.75) is 0 Å². The Bertz CT molecular complexity index is 2130. The molecule has 0 amide bonds. The van der Waals surface area contributed by atoms with Crippen LogP contribution in [0.3, 0.4) is 0 Å². The van der Waals surface area contributed by atoms with E-state index in [1.807, 2.05) is 84.9 Å². The molecule has 4 heteroatoms. The molecule has 6 aromatic carbocycles. The molecular weight excluding hydrogens is 502 g/mol. The van der Waals surface area contributed by atoms with Crippen LogP contribution >= 0.6 is 0 Å². The SMILES string of the molecule is c1ccc(-c2nc(-c3ccccc3)nc(-c3cc4c5ccccc5oc4c4cccc(-c5ccccc5)c34)n2)cc1. The molecule has 0 atom stereocenters. The summed E-state index contributed by atoms with van der Waals surface area (Å²) in [6.07, 6.45) is 0. The zero-order chi connectivity index (χ0) is 27.2. The van der Waals surface area contributed by atoms with Gasteiger partial charge in [0.1, 0.15) is 11.2 Å². The minimum atomic E-state index is 0.623. The molecular formula is C37H23N3O. The summed E-state index contributed by atoms with van der Waals surface area (Å²) in [6.45, 7) is 0. The molecule has 8 aromatic rings. The van der Waals surface area contributed by atoms with Gasteiger partial charge in [0.15, 0.2) is 17.5 Å². The number of aromatic nitrogens is 3. The Morgan fingerprint density at radius 3 is 1.59 bits per heavy atom. The van der Waals surface area contributed by atoms with Gasteiger partial charge >= 0.3 is 0 Å². The number of hydrogen-bond acceptors (Lipinski definition) is 4.